The van der Waals surface area contributed by atoms with Gasteiger partial charge in [0, 0.05) is 19.1 Å². The van der Waals surface area contributed by atoms with Crippen molar-refractivity contribution in [1.82, 2.24) is 10.2 Å². The normalized spacial score (nSPS) is 30.4. The van der Waals surface area contributed by atoms with Crippen molar-refractivity contribution in [1.29, 1.82) is 0 Å². The Labute approximate surface area is 117 Å². The minimum atomic E-state index is -0.206. The second kappa shape index (κ2) is 7.25. The third-order valence-corrected chi connectivity index (χ3v) is 4.80. The van der Waals surface area contributed by atoms with Gasteiger partial charge in [-0.3, -0.25) is 9.69 Å². The van der Waals surface area contributed by atoms with Crippen LogP contribution in [0, 0.1) is 11.8 Å². The fraction of sp³-hybridized carbons (Fsp3) is 0.933. The monoisotopic (exact) mass is 267 g/mol. The molecule has 2 rings (SSSR count). The molecule has 0 aromatic carbocycles. The fourth-order valence-electron chi connectivity index (χ4n) is 3.38. The summed E-state index contributed by atoms with van der Waals surface area (Å²) in [5.74, 6) is 1.62. The first-order valence-corrected chi connectivity index (χ1v) is 7.87. The minimum Gasteiger partial charge on any atom is -0.369 e. The van der Waals surface area contributed by atoms with Crippen molar-refractivity contribution in [2.75, 3.05) is 26.2 Å². The number of nitrogens with zero attached hydrogens (tertiary/aromatic N) is 1. The number of nitrogens with one attached hydrogen (secondary N) is 1. The summed E-state index contributed by atoms with van der Waals surface area (Å²) in [7, 11) is 0. The van der Waals surface area contributed by atoms with Crippen molar-refractivity contribution in [2.24, 2.45) is 17.6 Å². The molecule has 0 spiro atoms. The number of carbonyl (C=O) groups excluding carboxylic acids is 1. The molecule has 0 unspecified atom stereocenters. The van der Waals surface area contributed by atoms with Gasteiger partial charge in [0.15, 0.2) is 0 Å². The first-order chi connectivity index (χ1) is 9.13. The average molecular weight is 267 g/mol. The molecule has 1 saturated heterocycles. The lowest BCUT2D eigenvalue weighted by atomic mass is 9.83. The maximum absolute atomic E-state index is 10.9. The van der Waals surface area contributed by atoms with Crippen molar-refractivity contribution in [3.05, 3.63) is 0 Å². The van der Waals surface area contributed by atoms with Crippen molar-refractivity contribution >= 4 is 5.91 Å². The predicted molar refractivity (Wildman–Crippen MR) is 77.8 cm³/mol. The summed E-state index contributed by atoms with van der Waals surface area (Å²) in [6.45, 7) is 5.99. The lowest BCUT2D eigenvalue weighted by Crippen LogP contribution is -2.46. The summed E-state index contributed by atoms with van der Waals surface area (Å²) in [4.78, 5) is 13.0. The zero-order valence-corrected chi connectivity index (χ0v) is 12.2. The van der Waals surface area contributed by atoms with E-state index in [1.807, 2.05) is 0 Å². The highest BCUT2D eigenvalue weighted by molar-refractivity contribution is 5.75. The van der Waals surface area contributed by atoms with Crippen LogP contribution in [-0.4, -0.2) is 43.0 Å². The van der Waals surface area contributed by atoms with Crippen molar-refractivity contribution in [3.63, 3.8) is 0 Å². The van der Waals surface area contributed by atoms with Crippen LogP contribution in [0.2, 0.25) is 0 Å². The second-order valence-corrected chi connectivity index (χ2v) is 6.55. The highest BCUT2D eigenvalue weighted by Crippen LogP contribution is 2.27. The maximum atomic E-state index is 10.9. The van der Waals surface area contributed by atoms with E-state index in [4.69, 9.17) is 5.73 Å². The van der Waals surface area contributed by atoms with Gasteiger partial charge in [0.25, 0.3) is 0 Å². The van der Waals surface area contributed by atoms with Gasteiger partial charge in [-0.15, -0.1) is 0 Å². The van der Waals surface area contributed by atoms with Crippen LogP contribution in [0.25, 0.3) is 0 Å². The molecular weight excluding hydrogens is 238 g/mol. The number of nitrogens with two attached hydrogens (primary N) is 1. The number of likely N-dealkylation sites (tertiary alicyclic amines) is 1. The number of rotatable bonds is 5. The number of hydrogen-bond acceptors (Lipinski definition) is 3. The third kappa shape index (κ3) is 5.11. The Morgan fingerprint density at radius 2 is 1.79 bits per heavy atom. The van der Waals surface area contributed by atoms with Crippen molar-refractivity contribution in [2.45, 2.75) is 51.5 Å². The van der Waals surface area contributed by atoms with Crippen LogP contribution in [0.1, 0.15) is 45.4 Å². The SMILES string of the molecule is CC1CCC(CNC2CCN(CC(N)=O)CC2)CC1. The van der Waals surface area contributed by atoms with E-state index < -0.39 is 0 Å². The van der Waals surface area contributed by atoms with Crippen LogP contribution >= 0.6 is 0 Å². The Morgan fingerprint density at radius 1 is 1.16 bits per heavy atom. The Balaban J connectivity index is 1.59. The van der Waals surface area contributed by atoms with Crippen LogP contribution in [-0.2, 0) is 4.79 Å². The van der Waals surface area contributed by atoms with Crippen molar-refractivity contribution < 1.29 is 4.79 Å². The van der Waals surface area contributed by atoms with Gasteiger partial charge < -0.3 is 11.1 Å². The summed E-state index contributed by atoms with van der Waals surface area (Å²) in [5.41, 5.74) is 5.23. The van der Waals surface area contributed by atoms with E-state index in [-0.39, 0.29) is 5.91 Å². The summed E-state index contributed by atoms with van der Waals surface area (Å²) < 4.78 is 0. The molecule has 0 aromatic heterocycles. The van der Waals surface area contributed by atoms with E-state index in [0.29, 0.717) is 12.6 Å². The van der Waals surface area contributed by atoms with Gasteiger partial charge in [0.2, 0.25) is 5.91 Å². The quantitative estimate of drug-likeness (QED) is 0.790. The van der Waals surface area contributed by atoms with Gasteiger partial charge in [-0.1, -0.05) is 19.8 Å². The first kappa shape index (κ1) is 14.8. The third-order valence-electron chi connectivity index (χ3n) is 4.80. The Bertz CT molecular complexity index is 279. The Morgan fingerprint density at radius 3 is 2.37 bits per heavy atom. The molecular formula is C15H29N3O. The van der Waals surface area contributed by atoms with Gasteiger partial charge in [0.05, 0.1) is 6.54 Å². The smallest absolute Gasteiger partial charge is 0.231 e. The highest BCUT2D eigenvalue weighted by Gasteiger charge is 2.22. The minimum absolute atomic E-state index is 0.206. The highest BCUT2D eigenvalue weighted by atomic mass is 16.1. The molecule has 3 N–H and O–H groups in total. The van der Waals surface area contributed by atoms with Gasteiger partial charge in [-0.2, -0.15) is 0 Å². The van der Waals surface area contributed by atoms with Crippen molar-refractivity contribution in [3.8, 4) is 0 Å². The number of carbonyl (C=O) groups is 1. The molecule has 0 aromatic rings. The average Bonchev–Trinajstić information content (AvgIpc) is 2.39. The van der Waals surface area contributed by atoms with Gasteiger partial charge >= 0.3 is 0 Å². The molecule has 1 heterocycles. The summed E-state index contributed by atoms with van der Waals surface area (Å²) >= 11 is 0. The van der Waals surface area contributed by atoms with Crippen LogP contribution in [0.4, 0.5) is 0 Å². The largest absolute Gasteiger partial charge is 0.369 e. The topological polar surface area (TPSA) is 58.4 Å². The van der Waals surface area contributed by atoms with Gasteiger partial charge in [-0.25, -0.2) is 0 Å². The molecule has 4 nitrogen and oxygen atoms in total. The summed E-state index contributed by atoms with van der Waals surface area (Å²) in [6.07, 6.45) is 7.91. The molecule has 1 saturated carbocycles. The molecule has 1 aliphatic carbocycles. The zero-order valence-electron chi connectivity index (χ0n) is 12.2. The molecule has 0 radical (unpaired) electrons. The molecule has 0 atom stereocenters. The van der Waals surface area contributed by atoms with Crippen LogP contribution in [0.3, 0.4) is 0 Å². The Kier molecular flexibility index (Phi) is 5.64. The molecule has 1 amide bonds. The second-order valence-electron chi connectivity index (χ2n) is 6.55. The van der Waals surface area contributed by atoms with E-state index in [1.54, 1.807) is 0 Å². The van der Waals surface area contributed by atoms with E-state index in [9.17, 15) is 4.79 Å². The Hall–Kier alpha value is -0.610. The van der Waals surface area contributed by atoms with Crippen LogP contribution in [0.5, 0.6) is 0 Å². The fourth-order valence-corrected chi connectivity index (χ4v) is 3.38. The lowest BCUT2D eigenvalue weighted by Gasteiger charge is -2.33. The van der Waals surface area contributed by atoms with Gasteiger partial charge in [-0.05, 0) is 44.1 Å². The van der Waals surface area contributed by atoms with E-state index >= 15 is 0 Å². The van der Waals surface area contributed by atoms with Crippen LogP contribution < -0.4 is 11.1 Å². The molecule has 2 fully saturated rings. The van der Waals surface area contributed by atoms with Crippen LogP contribution in [0.15, 0.2) is 0 Å². The van der Waals surface area contributed by atoms with E-state index in [0.717, 1.165) is 37.8 Å². The molecule has 2 aliphatic rings. The predicted octanol–water partition coefficient (Wildman–Crippen LogP) is 1.35. The van der Waals surface area contributed by atoms with E-state index in [1.165, 1.54) is 32.2 Å². The number of amides is 1. The number of primary amides is 1. The molecule has 1 aliphatic heterocycles. The number of piperidine rings is 1. The standard InChI is InChI=1S/C15H29N3O/c1-12-2-4-13(5-3-12)10-17-14-6-8-18(9-7-14)11-15(16)19/h12-14,17H,2-11H2,1H3,(H2,16,19). The van der Waals surface area contributed by atoms with E-state index in [2.05, 4.69) is 17.1 Å². The molecule has 4 heteroatoms. The molecule has 0 bridgehead atoms. The lowest BCUT2D eigenvalue weighted by molar-refractivity contribution is -0.119. The summed E-state index contributed by atoms with van der Waals surface area (Å²) in [6, 6.07) is 0.642. The maximum Gasteiger partial charge on any atom is 0.231 e. The van der Waals surface area contributed by atoms with Gasteiger partial charge in [0.1, 0.15) is 0 Å². The molecule has 19 heavy (non-hydrogen) atoms. The first-order valence-electron chi connectivity index (χ1n) is 7.87. The molecule has 110 valence electrons. The zero-order chi connectivity index (χ0) is 13.7. The summed E-state index contributed by atoms with van der Waals surface area (Å²) in [5, 5.41) is 3.74. The number of hydrogen-bond donors (Lipinski definition) is 2.